The van der Waals surface area contributed by atoms with E-state index in [1.165, 1.54) is 19.2 Å². The average Bonchev–Trinajstić information content (AvgIpc) is 2.13. The number of rotatable bonds is 3. The fourth-order valence-electron chi connectivity index (χ4n) is 1.02. The van der Waals surface area contributed by atoms with Crippen molar-refractivity contribution < 1.29 is 18.3 Å². The Morgan fingerprint density at radius 1 is 1.53 bits per heavy atom. The van der Waals surface area contributed by atoms with Gasteiger partial charge in [-0.25, -0.2) is 4.98 Å². The third-order valence-corrected chi connectivity index (χ3v) is 1.68. The van der Waals surface area contributed by atoms with E-state index in [4.69, 9.17) is 5.11 Å². The van der Waals surface area contributed by atoms with Crippen molar-refractivity contribution in [3.8, 4) is 0 Å². The third-order valence-electron chi connectivity index (χ3n) is 1.68. The van der Waals surface area contributed by atoms with Crippen LogP contribution >= 0.6 is 0 Å². The summed E-state index contributed by atoms with van der Waals surface area (Å²) in [7, 11) is 0. The lowest BCUT2D eigenvalue weighted by Crippen LogP contribution is -2.19. The van der Waals surface area contributed by atoms with Crippen LogP contribution in [0.15, 0.2) is 18.3 Å². The Balaban J connectivity index is 2.87. The van der Waals surface area contributed by atoms with Gasteiger partial charge < -0.3 is 10.4 Å². The fraction of sp³-hybridized carbons (Fsp3) is 0.444. The minimum Gasteiger partial charge on any atom is -0.392 e. The lowest BCUT2D eigenvalue weighted by Gasteiger charge is -2.13. The maximum absolute atomic E-state index is 12.4. The van der Waals surface area contributed by atoms with Gasteiger partial charge in [-0.1, -0.05) is 0 Å². The van der Waals surface area contributed by atoms with Crippen molar-refractivity contribution in [2.75, 3.05) is 11.9 Å². The summed E-state index contributed by atoms with van der Waals surface area (Å²) in [4.78, 5) is 3.57. The molecule has 1 rings (SSSR count). The van der Waals surface area contributed by atoms with Gasteiger partial charge in [-0.3, -0.25) is 0 Å². The van der Waals surface area contributed by atoms with Crippen molar-refractivity contribution in [1.29, 1.82) is 0 Å². The molecule has 1 unspecified atom stereocenters. The summed E-state index contributed by atoms with van der Waals surface area (Å²) in [6, 6.07) is 2.16. The third kappa shape index (κ3) is 3.39. The van der Waals surface area contributed by atoms with E-state index in [-0.39, 0.29) is 12.4 Å². The smallest absolute Gasteiger partial charge is 0.392 e. The molecule has 0 aliphatic heterocycles. The predicted molar refractivity (Wildman–Crippen MR) is 49.4 cm³/mol. The molecule has 0 saturated carbocycles. The summed E-state index contributed by atoms with van der Waals surface area (Å²) < 4.78 is 37.3. The lowest BCUT2D eigenvalue weighted by atomic mass is 10.2. The van der Waals surface area contributed by atoms with Gasteiger partial charge in [0.05, 0.1) is 11.7 Å². The van der Waals surface area contributed by atoms with Crippen molar-refractivity contribution in [3.05, 3.63) is 23.9 Å². The molecular formula is C9H11F3N2O. The predicted octanol–water partition coefficient (Wildman–Crippen LogP) is 1.89. The highest BCUT2D eigenvalue weighted by atomic mass is 19.4. The maximum atomic E-state index is 12.4. The Bertz CT molecular complexity index is 325. The number of nitrogens with one attached hydrogen (secondary N) is 1. The molecule has 3 nitrogen and oxygen atoms in total. The number of anilines is 1. The molecule has 0 radical (unpaired) electrons. The average molecular weight is 220 g/mol. The molecular weight excluding hydrogens is 209 g/mol. The summed E-state index contributed by atoms with van der Waals surface area (Å²) in [5.74, 6) is -0.258. The van der Waals surface area contributed by atoms with E-state index in [0.29, 0.717) is 0 Å². The summed E-state index contributed by atoms with van der Waals surface area (Å²) >= 11 is 0. The second kappa shape index (κ2) is 4.48. The van der Waals surface area contributed by atoms with E-state index >= 15 is 0 Å². The summed E-state index contributed by atoms with van der Waals surface area (Å²) in [6.45, 7) is 1.50. The first-order chi connectivity index (χ1) is 6.91. The topological polar surface area (TPSA) is 45.1 Å². The van der Waals surface area contributed by atoms with E-state index in [9.17, 15) is 13.2 Å². The number of nitrogens with zero attached hydrogens (tertiary/aromatic N) is 1. The lowest BCUT2D eigenvalue weighted by molar-refractivity contribution is -0.137. The molecule has 1 aromatic heterocycles. The fourth-order valence-corrected chi connectivity index (χ4v) is 1.02. The quantitative estimate of drug-likeness (QED) is 0.817. The summed E-state index contributed by atoms with van der Waals surface area (Å²) in [5.41, 5.74) is -0.828. The van der Waals surface area contributed by atoms with Crippen LogP contribution in [-0.2, 0) is 6.18 Å². The number of hydrogen-bond acceptors (Lipinski definition) is 3. The van der Waals surface area contributed by atoms with Crippen LogP contribution in [0.25, 0.3) is 0 Å². The van der Waals surface area contributed by atoms with Crippen LogP contribution in [0.4, 0.5) is 19.0 Å². The molecule has 15 heavy (non-hydrogen) atoms. The summed E-state index contributed by atoms with van der Waals surface area (Å²) in [5, 5.41) is 11.4. The normalized spacial score (nSPS) is 13.7. The van der Waals surface area contributed by atoms with Gasteiger partial charge in [0.15, 0.2) is 0 Å². The molecule has 1 atom stereocenters. The highest BCUT2D eigenvalue weighted by Gasteiger charge is 2.33. The van der Waals surface area contributed by atoms with Crippen LogP contribution in [0.5, 0.6) is 0 Å². The zero-order chi connectivity index (χ0) is 11.5. The largest absolute Gasteiger partial charge is 0.419 e. The summed E-state index contributed by atoms with van der Waals surface area (Å²) in [6.07, 6.45) is -3.90. The molecule has 0 spiro atoms. The molecule has 2 N–H and O–H groups in total. The Kier molecular flexibility index (Phi) is 3.52. The number of aromatic nitrogens is 1. The molecule has 0 amide bonds. The SMILES string of the molecule is CC(O)CNc1ncccc1C(F)(F)F. The molecule has 0 saturated heterocycles. The molecule has 1 aromatic rings. The molecule has 0 aromatic carbocycles. The Morgan fingerprint density at radius 2 is 2.20 bits per heavy atom. The first-order valence-electron chi connectivity index (χ1n) is 4.35. The molecule has 84 valence electrons. The molecule has 0 aliphatic carbocycles. The Morgan fingerprint density at radius 3 is 2.73 bits per heavy atom. The number of alkyl halides is 3. The number of pyridine rings is 1. The van der Waals surface area contributed by atoms with E-state index in [0.717, 1.165) is 6.07 Å². The van der Waals surface area contributed by atoms with Crippen LogP contribution < -0.4 is 5.32 Å². The van der Waals surface area contributed by atoms with Crippen molar-refractivity contribution in [1.82, 2.24) is 4.98 Å². The van der Waals surface area contributed by atoms with Crippen LogP contribution in [0.3, 0.4) is 0 Å². The molecule has 0 aliphatic rings. The minimum atomic E-state index is -4.44. The van der Waals surface area contributed by atoms with Crippen LogP contribution in [0, 0.1) is 0 Å². The van der Waals surface area contributed by atoms with Gasteiger partial charge in [-0.2, -0.15) is 13.2 Å². The van der Waals surface area contributed by atoms with Crippen LogP contribution in [0.1, 0.15) is 12.5 Å². The van der Waals surface area contributed by atoms with Crippen molar-refractivity contribution in [2.24, 2.45) is 0 Å². The molecule has 0 fully saturated rings. The van der Waals surface area contributed by atoms with E-state index in [2.05, 4.69) is 10.3 Å². The highest BCUT2D eigenvalue weighted by molar-refractivity contribution is 5.45. The second-order valence-corrected chi connectivity index (χ2v) is 3.13. The number of aliphatic hydroxyl groups is 1. The maximum Gasteiger partial charge on any atom is 0.419 e. The van der Waals surface area contributed by atoms with E-state index < -0.39 is 17.8 Å². The number of hydrogen-bond donors (Lipinski definition) is 2. The molecule has 1 heterocycles. The van der Waals surface area contributed by atoms with Gasteiger partial charge in [0.25, 0.3) is 0 Å². The van der Waals surface area contributed by atoms with Gasteiger partial charge in [-0.05, 0) is 19.1 Å². The monoisotopic (exact) mass is 220 g/mol. The highest BCUT2D eigenvalue weighted by Crippen LogP contribution is 2.33. The van der Waals surface area contributed by atoms with E-state index in [1.54, 1.807) is 0 Å². The minimum absolute atomic E-state index is 0.0279. The Hall–Kier alpha value is -1.30. The first-order valence-corrected chi connectivity index (χ1v) is 4.35. The standard InChI is InChI=1S/C9H11F3N2O/c1-6(15)5-14-8-7(9(10,11)12)3-2-4-13-8/h2-4,6,15H,5H2,1H3,(H,13,14). The number of aliphatic hydroxyl groups excluding tert-OH is 1. The zero-order valence-corrected chi connectivity index (χ0v) is 8.04. The van der Waals surface area contributed by atoms with Gasteiger partial charge in [0.1, 0.15) is 5.82 Å². The van der Waals surface area contributed by atoms with Gasteiger partial charge in [-0.15, -0.1) is 0 Å². The van der Waals surface area contributed by atoms with Crippen molar-refractivity contribution in [2.45, 2.75) is 19.2 Å². The van der Waals surface area contributed by atoms with Gasteiger partial charge in [0.2, 0.25) is 0 Å². The van der Waals surface area contributed by atoms with Crippen molar-refractivity contribution >= 4 is 5.82 Å². The van der Waals surface area contributed by atoms with E-state index in [1.807, 2.05) is 0 Å². The Labute approximate surface area is 85.0 Å². The van der Waals surface area contributed by atoms with Crippen LogP contribution in [0.2, 0.25) is 0 Å². The first kappa shape index (κ1) is 11.8. The van der Waals surface area contributed by atoms with Crippen LogP contribution in [-0.4, -0.2) is 22.7 Å². The molecule has 0 bridgehead atoms. The van der Waals surface area contributed by atoms with Gasteiger partial charge in [0, 0.05) is 12.7 Å². The zero-order valence-electron chi connectivity index (χ0n) is 8.04. The van der Waals surface area contributed by atoms with Crippen molar-refractivity contribution in [3.63, 3.8) is 0 Å². The number of halogens is 3. The second-order valence-electron chi connectivity index (χ2n) is 3.13. The molecule has 6 heteroatoms. The van der Waals surface area contributed by atoms with Gasteiger partial charge >= 0.3 is 6.18 Å².